The highest BCUT2D eigenvalue weighted by Crippen LogP contribution is 2.05. The summed E-state index contributed by atoms with van der Waals surface area (Å²) >= 11 is 0. The standard InChI is InChI=1S/C18H24N4O5/c23-15(10-20-17(26)13-7-4-8-19-13)22-14(18(27)21-11-16(24)25)9-12-5-2-1-3-6-12/h1-3,5-6,13-14,19H,4,7-11H2,(H,20,26)(H,21,27)(H,22,23)(H,24,25)/t13-,14-/m0/s1. The van der Waals surface area contributed by atoms with Gasteiger partial charge in [0.15, 0.2) is 0 Å². The lowest BCUT2D eigenvalue weighted by atomic mass is 10.1. The number of rotatable bonds is 9. The Labute approximate surface area is 156 Å². The molecular weight excluding hydrogens is 352 g/mol. The number of hydrogen-bond acceptors (Lipinski definition) is 5. The summed E-state index contributed by atoms with van der Waals surface area (Å²) in [7, 11) is 0. The van der Waals surface area contributed by atoms with Crippen LogP contribution in [0.5, 0.6) is 0 Å². The first kappa shape index (κ1) is 20.4. The topological polar surface area (TPSA) is 137 Å². The van der Waals surface area contributed by atoms with E-state index in [1.807, 2.05) is 6.07 Å². The van der Waals surface area contributed by atoms with E-state index in [-0.39, 0.29) is 24.9 Å². The van der Waals surface area contributed by atoms with Crippen LogP contribution in [0.1, 0.15) is 18.4 Å². The fourth-order valence-corrected chi connectivity index (χ4v) is 2.79. The third kappa shape index (κ3) is 7.06. The Morgan fingerprint density at radius 2 is 1.85 bits per heavy atom. The van der Waals surface area contributed by atoms with Gasteiger partial charge in [0.05, 0.1) is 12.6 Å². The van der Waals surface area contributed by atoms with Gasteiger partial charge in [0.1, 0.15) is 12.6 Å². The van der Waals surface area contributed by atoms with Crippen molar-refractivity contribution in [2.75, 3.05) is 19.6 Å². The van der Waals surface area contributed by atoms with Gasteiger partial charge < -0.3 is 26.4 Å². The fraction of sp³-hybridized carbons (Fsp3) is 0.444. The van der Waals surface area contributed by atoms with Gasteiger partial charge in [0.25, 0.3) is 0 Å². The van der Waals surface area contributed by atoms with Crippen LogP contribution < -0.4 is 21.3 Å². The Hall–Kier alpha value is -2.94. The molecule has 5 N–H and O–H groups in total. The Balaban J connectivity index is 1.90. The first-order valence-electron chi connectivity index (χ1n) is 8.79. The van der Waals surface area contributed by atoms with Crippen molar-refractivity contribution in [2.24, 2.45) is 0 Å². The van der Waals surface area contributed by atoms with Crippen LogP contribution in [0.15, 0.2) is 30.3 Å². The van der Waals surface area contributed by atoms with E-state index in [1.54, 1.807) is 24.3 Å². The summed E-state index contributed by atoms with van der Waals surface area (Å²) in [6.45, 7) is -0.0220. The minimum Gasteiger partial charge on any atom is -0.480 e. The number of carboxylic acid groups (broad SMARTS) is 1. The van der Waals surface area contributed by atoms with Gasteiger partial charge in [-0.3, -0.25) is 19.2 Å². The van der Waals surface area contributed by atoms with Gasteiger partial charge in [-0.2, -0.15) is 0 Å². The summed E-state index contributed by atoms with van der Waals surface area (Å²) in [5.74, 6) is -2.55. The summed E-state index contributed by atoms with van der Waals surface area (Å²) in [5.41, 5.74) is 0.812. The summed E-state index contributed by atoms with van der Waals surface area (Å²) in [6, 6.07) is 7.80. The molecule has 1 aromatic carbocycles. The van der Waals surface area contributed by atoms with Gasteiger partial charge in [-0.25, -0.2) is 0 Å². The average Bonchev–Trinajstić information content (AvgIpc) is 3.19. The van der Waals surface area contributed by atoms with E-state index in [0.717, 1.165) is 24.9 Å². The van der Waals surface area contributed by atoms with E-state index in [9.17, 15) is 19.2 Å². The number of carbonyl (C=O) groups excluding carboxylic acids is 3. The first-order valence-corrected chi connectivity index (χ1v) is 8.79. The van der Waals surface area contributed by atoms with Crippen LogP contribution in [-0.4, -0.2) is 60.5 Å². The number of amides is 3. The number of carboxylic acids is 1. The number of carbonyl (C=O) groups is 4. The number of hydrogen-bond donors (Lipinski definition) is 5. The highest BCUT2D eigenvalue weighted by molar-refractivity contribution is 5.92. The van der Waals surface area contributed by atoms with Gasteiger partial charge >= 0.3 is 5.97 Å². The van der Waals surface area contributed by atoms with Crippen molar-refractivity contribution in [2.45, 2.75) is 31.3 Å². The second kappa shape index (κ2) is 10.3. The minimum atomic E-state index is -1.18. The molecule has 1 fully saturated rings. The average molecular weight is 376 g/mol. The van der Waals surface area contributed by atoms with E-state index >= 15 is 0 Å². The highest BCUT2D eigenvalue weighted by Gasteiger charge is 2.24. The molecule has 0 spiro atoms. The fourth-order valence-electron chi connectivity index (χ4n) is 2.79. The molecule has 146 valence electrons. The molecule has 1 aliphatic rings. The molecule has 1 heterocycles. The molecule has 0 bridgehead atoms. The lowest BCUT2D eigenvalue weighted by Gasteiger charge is -2.19. The van der Waals surface area contributed by atoms with Gasteiger partial charge in [-0.15, -0.1) is 0 Å². The Bertz CT molecular complexity index is 674. The largest absolute Gasteiger partial charge is 0.480 e. The van der Waals surface area contributed by atoms with Crippen molar-refractivity contribution >= 4 is 23.7 Å². The Morgan fingerprint density at radius 1 is 1.11 bits per heavy atom. The van der Waals surface area contributed by atoms with Crippen molar-refractivity contribution in [1.82, 2.24) is 21.3 Å². The lowest BCUT2D eigenvalue weighted by molar-refractivity contribution is -0.138. The molecule has 2 rings (SSSR count). The van der Waals surface area contributed by atoms with Crippen molar-refractivity contribution in [3.8, 4) is 0 Å². The molecule has 0 aliphatic carbocycles. The van der Waals surface area contributed by atoms with Crippen molar-refractivity contribution in [1.29, 1.82) is 0 Å². The molecule has 9 heteroatoms. The van der Waals surface area contributed by atoms with E-state index in [4.69, 9.17) is 5.11 Å². The van der Waals surface area contributed by atoms with Gasteiger partial charge in [-0.1, -0.05) is 30.3 Å². The van der Waals surface area contributed by atoms with Gasteiger partial charge in [0.2, 0.25) is 17.7 Å². The SMILES string of the molecule is O=C(O)CNC(=O)[C@H](Cc1ccccc1)NC(=O)CNC(=O)[C@@H]1CCCN1. The van der Waals surface area contributed by atoms with Gasteiger partial charge in [-0.05, 0) is 24.9 Å². The summed E-state index contributed by atoms with van der Waals surface area (Å²) in [6.07, 6.45) is 1.84. The maximum absolute atomic E-state index is 12.2. The van der Waals surface area contributed by atoms with Crippen LogP contribution in [0, 0.1) is 0 Å². The molecule has 1 aliphatic heterocycles. The predicted molar refractivity (Wildman–Crippen MR) is 96.8 cm³/mol. The molecule has 9 nitrogen and oxygen atoms in total. The van der Waals surface area contributed by atoms with Crippen LogP contribution in [-0.2, 0) is 25.6 Å². The molecule has 1 aromatic rings. The maximum atomic E-state index is 12.2. The normalized spacial score (nSPS) is 17.0. The first-order chi connectivity index (χ1) is 13.0. The second-order valence-corrected chi connectivity index (χ2v) is 6.29. The lowest BCUT2D eigenvalue weighted by Crippen LogP contribution is -2.52. The van der Waals surface area contributed by atoms with Crippen LogP contribution in [0.25, 0.3) is 0 Å². The Morgan fingerprint density at radius 3 is 2.48 bits per heavy atom. The van der Waals surface area contributed by atoms with Crippen molar-refractivity contribution < 1.29 is 24.3 Å². The van der Waals surface area contributed by atoms with Crippen LogP contribution >= 0.6 is 0 Å². The number of aliphatic carboxylic acids is 1. The molecule has 0 saturated carbocycles. The molecule has 27 heavy (non-hydrogen) atoms. The molecule has 0 aromatic heterocycles. The third-order valence-corrected chi connectivity index (χ3v) is 4.15. The molecule has 2 atom stereocenters. The van der Waals surface area contributed by atoms with E-state index < -0.39 is 30.4 Å². The van der Waals surface area contributed by atoms with Crippen molar-refractivity contribution in [3.63, 3.8) is 0 Å². The van der Waals surface area contributed by atoms with Gasteiger partial charge in [0, 0.05) is 6.42 Å². The van der Waals surface area contributed by atoms with E-state index in [1.165, 1.54) is 0 Å². The Kier molecular flexibility index (Phi) is 7.75. The zero-order chi connectivity index (χ0) is 19.6. The van der Waals surface area contributed by atoms with Crippen LogP contribution in [0.4, 0.5) is 0 Å². The van der Waals surface area contributed by atoms with Crippen LogP contribution in [0.2, 0.25) is 0 Å². The monoisotopic (exact) mass is 376 g/mol. The molecular formula is C18H24N4O5. The summed E-state index contributed by atoms with van der Waals surface area (Å²) in [4.78, 5) is 47.0. The van der Waals surface area contributed by atoms with E-state index in [2.05, 4.69) is 21.3 Å². The number of benzene rings is 1. The molecule has 1 saturated heterocycles. The smallest absolute Gasteiger partial charge is 0.322 e. The minimum absolute atomic E-state index is 0.205. The summed E-state index contributed by atoms with van der Waals surface area (Å²) in [5, 5.41) is 19.1. The predicted octanol–water partition coefficient (Wildman–Crippen LogP) is -1.22. The van der Waals surface area contributed by atoms with Crippen LogP contribution in [0.3, 0.4) is 0 Å². The molecule has 0 radical (unpaired) electrons. The van der Waals surface area contributed by atoms with E-state index in [0.29, 0.717) is 0 Å². The third-order valence-electron chi connectivity index (χ3n) is 4.15. The van der Waals surface area contributed by atoms with Crippen molar-refractivity contribution in [3.05, 3.63) is 35.9 Å². The quantitative estimate of drug-likeness (QED) is 0.367. The molecule has 0 unspecified atom stereocenters. The zero-order valence-corrected chi connectivity index (χ0v) is 14.9. The zero-order valence-electron chi connectivity index (χ0n) is 14.9. The highest BCUT2D eigenvalue weighted by atomic mass is 16.4. The summed E-state index contributed by atoms with van der Waals surface area (Å²) < 4.78 is 0. The second-order valence-electron chi connectivity index (χ2n) is 6.29. The maximum Gasteiger partial charge on any atom is 0.322 e. The number of nitrogens with one attached hydrogen (secondary N) is 4. The molecule has 3 amide bonds.